The van der Waals surface area contributed by atoms with Crippen molar-refractivity contribution >= 4 is 18.1 Å². The van der Waals surface area contributed by atoms with E-state index in [1.54, 1.807) is 0 Å². The molecular weight excluding hydrogens is 522 g/mol. The van der Waals surface area contributed by atoms with Gasteiger partial charge in [0.2, 0.25) is 18.1 Å². The average Bonchev–Trinajstić information content (AvgIpc) is 2.86. The van der Waals surface area contributed by atoms with Crippen molar-refractivity contribution in [2.24, 2.45) is 0 Å². The van der Waals surface area contributed by atoms with E-state index in [0.29, 0.717) is 13.2 Å². The van der Waals surface area contributed by atoms with E-state index in [0.717, 1.165) is 30.8 Å². The van der Waals surface area contributed by atoms with Crippen LogP contribution in [0.2, 0.25) is 0 Å². The topological polar surface area (TPSA) is 36.9 Å². The smallest absolute Gasteiger partial charge is 0.215 e. The van der Waals surface area contributed by atoms with E-state index in [-0.39, 0.29) is 39.7 Å². The molecule has 2 rings (SSSR count). The summed E-state index contributed by atoms with van der Waals surface area (Å²) in [5, 5.41) is 0. The summed E-state index contributed by atoms with van der Waals surface area (Å²) in [7, 11) is -0.0812. The molecule has 0 N–H and O–H groups in total. The van der Waals surface area contributed by atoms with Gasteiger partial charge in [-0.3, -0.25) is 0 Å². The maximum absolute atomic E-state index is 6.08. The Balaban J connectivity index is 1.81. The molecule has 0 aliphatic heterocycles. The molecule has 39 heavy (non-hydrogen) atoms. The molecule has 0 aromatic heterocycles. The van der Waals surface area contributed by atoms with Gasteiger partial charge >= 0.3 is 0 Å². The highest BCUT2D eigenvalue weighted by Crippen LogP contribution is 2.40. The lowest BCUT2D eigenvalue weighted by Crippen LogP contribution is -2.19. The predicted octanol–water partition coefficient (Wildman–Crippen LogP) is 10.6. The first-order valence-electron chi connectivity index (χ1n) is 14.4. The summed E-state index contributed by atoms with van der Waals surface area (Å²) in [6.07, 6.45) is 2.98. The SMILES string of the molecule is CCC(C)(C)c1ccc(OPOCCCOPOc2ccc(C(C)(C)CC)cc2C(C)(C)C)c(C(C)(C)C)c1. The molecule has 220 valence electrons. The summed E-state index contributed by atoms with van der Waals surface area (Å²) in [4.78, 5) is 0. The number of hydrogen-bond donors (Lipinski definition) is 0. The summed E-state index contributed by atoms with van der Waals surface area (Å²) in [5.74, 6) is 1.82. The van der Waals surface area contributed by atoms with Gasteiger partial charge in [0.1, 0.15) is 11.5 Å². The summed E-state index contributed by atoms with van der Waals surface area (Å²) in [6, 6.07) is 13.2. The third-order valence-electron chi connectivity index (χ3n) is 7.82. The molecule has 0 radical (unpaired) electrons. The fraction of sp³-hybridized carbons (Fsp3) is 0.636. The summed E-state index contributed by atoms with van der Waals surface area (Å²) in [5.41, 5.74) is 5.42. The van der Waals surface area contributed by atoms with Crippen molar-refractivity contribution in [3.63, 3.8) is 0 Å². The van der Waals surface area contributed by atoms with Crippen LogP contribution in [0, 0.1) is 0 Å². The summed E-state index contributed by atoms with van der Waals surface area (Å²) in [6.45, 7) is 28.2. The van der Waals surface area contributed by atoms with Gasteiger partial charge in [0.05, 0.1) is 13.2 Å². The highest BCUT2D eigenvalue weighted by molar-refractivity contribution is 7.27. The van der Waals surface area contributed by atoms with E-state index in [1.807, 2.05) is 0 Å². The van der Waals surface area contributed by atoms with Crippen LogP contribution in [0.3, 0.4) is 0 Å². The van der Waals surface area contributed by atoms with Gasteiger partial charge in [0.25, 0.3) is 0 Å². The first kappa shape index (κ1) is 34.0. The van der Waals surface area contributed by atoms with Crippen molar-refractivity contribution in [3.8, 4) is 11.5 Å². The molecule has 2 atom stereocenters. The molecule has 0 saturated carbocycles. The zero-order valence-corrected chi connectivity index (χ0v) is 28.6. The van der Waals surface area contributed by atoms with Crippen molar-refractivity contribution in [1.82, 2.24) is 0 Å². The second-order valence-electron chi connectivity index (χ2n) is 13.8. The van der Waals surface area contributed by atoms with Gasteiger partial charge in [-0.1, -0.05) is 107 Å². The molecule has 2 unspecified atom stereocenters. The molecule has 4 nitrogen and oxygen atoms in total. The zero-order valence-electron chi connectivity index (χ0n) is 26.6. The Morgan fingerprint density at radius 3 is 1.23 bits per heavy atom. The van der Waals surface area contributed by atoms with Crippen molar-refractivity contribution in [1.29, 1.82) is 0 Å². The standard InChI is InChI=1S/C33H54O4P2/c1-13-32(9,10)24-16-18-28(26(22-24)30(3,4)5)36-38-34-20-15-21-35-39-37-29-19-17-25(33(11,12)14-2)23-27(29)31(6,7)8/h16-19,22-23,38-39H,13-15,20-21H2,1-12H3. The van der Waals surface area contributed by atoms with Crippen LogP contribution in [-0.2, 0) is 30.7 Å². The van der Waals surface area contributed by atoms with Crippen molar-refractivity contribution in [2.75, 3.05) is 13.2 Å². The number of rotatable bonds is 14. The summed E-state index contributed by atoms with van der Waals surface area (Å²) < 4.78 is 23.7. The van der Waals surface area contributed by atoms with E-state index in [4.69, 9.17) is 18.1 Å². The van der Waals surface area contributed by atoms with Crippen LogP contribution < -0.4 is 9.05 Å². The molecule has 2 aromatic carbocycles. The van der Waals surface area contributed by atoms with Gasteiger partial charge in [-0.05, 0) is 64.2 Å². The molecule has 6 heteroatoms. The Bertz CT molecular complexity index is 965. The molecule has 0 aliphatic rings. The lowest BCUT2D eigenvalue weighted by atomic mass is 9.78. The second kappa shape index (κ2) is 14.1. The minimum Gasteiger partial charge on any atom is -0.449 e. The Kier molecular flexibility index (Phi) is 12.3. The van der Waals surface area contributed by atoms with Crippen LogP contribution in [0.1, 0.15) is 125 Å². The zero-order chi connectivity index (χ0) is 29.5. The van der Waals surface area contributed by atoms with E-state index < -0.39 is 0 Å². The van der Waals surface area contributed by atoms with Gasteiger partial charge in [-0.25, -0.2) is 0 Å². The van der Waals surface area contributed by atoms with E-state index in [1.165, 1.54) is 22.3 Å². The minimum atomic E-state index is -0.0406. The molecule has 0 aliphatic carbocycles. The molecule has 0 spiro atoms. The first-order valence-corrected chi connectivity index (χ1v) is 16.0. The van der Waals surface area contributed by atoms with E-state index >= 15 is 0 Å². The Hall–Kier alpha value is -1.18. The molecule has 0 saturated heterocycles. The third kappa shape index (κ3) is 10.00. The molecule has 2 aromatic rings. The molecule has 0 bridgehead atoms. The van der Waals surface area contributed by atoms with Crippen molar-refractivity contribution in [3.05, 3.63) is 58.7 Å². The van der Waals surface area contributed by atoms with Gasteiger partial charge in [0.15, 0.2) is 0 Å². The van der Waals surface area contributed by atoms with Crippen LogP contribution in [0.4, 0.5) is 0 Å². The van der Waals surface area contributed by atoms with Gasteiger partial charge < -0.3 is 18.1 Å². The van der Waals surface area contributed by atoms with Crippen LogP contribution in [0.15, 0.2) is 36.4 Å². The Morgan fingerprint density at radius 2 is 0.923 bits per heavy atom. The van der Waals surface area contributed by atoms with Gasteiger partial charge in [0, 0.05) is 11.1 Å². The average molecular weight is 577 g/mol. The number of benzene rings is 2. The van der Waals surface area contributed by atoms with Crippen LogP contribution in [-0.4, -0.2) is 13.2 Å². The fourth-order valence-electron chi connectivity index (χ4n) is 4.10. The quantitative estimate of drug-likeness (QED) is 0.166. The molecule has 0 heterocycles. The maximum Gasteiger partial charge on any atom is 0.215 e. The summed E-state index contributed by atoms with van der Waals surface area (Å²) >= 11 is 0. The van der Waals surface area contributed by atoms with Crippen LogP contribution in [0.5, 0.6) is 11.5 Å². The van der Waals surface area contributed by atoms with Gasteiger partial charge in [-0.15, -0.1) is 0 Å². The molecular formula is C33H54O4P2. The molecule has 0 amide bonds. The Morgan fingerprint density at radius 1 is 0.564 bits per heavy atom. The van der Waals surface area contributed by atoms with Crippen molar-refractivity contribution in [2.45, 2.75) is 124 Å². The Labute approximate surface area is 243 Å². The van der Waals surface area contributed by atoms with E-state index in [9.17, 15) is 0 Å². The second-order valence-corrected chi connectivity index (χ2v) is 15.1. The number of hydrogen-bond acceptors (Lipinski definition) is 4. The lowest BCUT2D eigenvalue weighted by Gasteiger charge is -2.28. The van der Waals surface area contributed by atoms with Crippen LogP contribution in [0.25, 0.3) is 0 Å². The van der Waals surface area contributed by atoms with E-state index in [2.05, 4.69) is 119 Å². The highest BCUT2D eigenvalue weighted by Gasteiger charge is 2.26. The highest BCUT2D eigenvalue weighted by atomic mass is 31.1. The predicted molar refractivity (Wildman–Crippen MR) is 171 cm³/mol. The van der Waals surface area contributed by atoms with Crippen molar-refractivity contribution < 1.29 is 18.1 Å². The first-order chi connectivity index (χ1) is 18.0. The normalized spacial score (nSPS) is 13.6. The monoisotopic (exact) mass is 576 g/mol. The van der Waals surface area contributed by atoms with Gasteiger partial charge in [-0.2, -0.15) is 0 Å². The molecule has 0 fully saturated rings. The minimum absolute atomic E-state index is 0.00616. The fourth-order valence-corrected chi connectivity index (χ4v) is 5.20. The maximum atomic E-state index is 6.08. The third-order valence-corrected chi connectivity index (χ3v) is 9.07. The lowest BCUT2D eigenvalue weighted by molar-refractivity contribution is 0.261. The largest absolute Gasteiger partial charge is 0.449 e. The van der Waals surface area contributed by atoms with Crippen LogP contribution >= 0.6 is 18.1 Å².